The molecule has 0 radical (unpaired) electrons. The Morgan fingerprint density at radius 3 is 2.37 bits per heavy atom. The van der Waals surface area contributed by atoms with Gasteiger partial charge in [0.25, 0.3) is 0 Å². The quantitative estimate of drug-likeness (QED) is 0.641. The van der Waals surface area contributed by atoms with Crippen LogP contribution in [-0.2, 0) is 4.79 Å². The number of amides is 1. The fourth-order valence-electron chi connectivity index (χ4n) is 4.34. The molecule has 1 aromatic carbocycles. The number of fused-ring (bicyclic) bond motifs is 1. The molecule has 0 spiro atoms. The predicted octanol–water partition coefficient (Wildman–Crippen LogP) is 2.34. The van der Waals surface area contributed by atoms with E-state index in [1.807, 2.05) is 41.3 Å². The number of carbonyl (C=O) groups is 1. The van der Waals surface area contributed by atoms with E-state index < -0.39 is 0 Å². The van der Waals surface area contributed by atoms with Gasteiger partial charge in [-0.1, -0.05) is 11.6 Å². The lowest BCUT2D eigenvalue weighted by Crippen LogP contribution is -2.51. The molecule has 2 aliphatic heterocycles. The van der Waals surface area contributed by atoms with Crippen LogP contribution < -0.4 is 9.80 Å². The summed E-state index contributed by atoms with van der Waals surface area (Å²) < 4.78 is 1.69. The average molecular weight is 426 g/mol. The Hall–Kier alpha value is -2.87. The van der Waals surface area contributed by atoms with Gasteiger partial charge in [0, 0.05) is 55.9 Å². The summed E-state index contributed by atoms with van der Waals surface area (Å²) in [6, 6.07) is 11.8. The van der Waals surface area contributed by atoms with Crippen molar-refractivity contribution >= 4 is 34.7 Å². The molecule has 1 amide bonds. The molecule has 4 heterocycles. The Bertz CT molecular complexity index is 1020. The second-order valence-electron chi connectivity index (χ2n) is 7.88. The molecule has 9 heteroatoms. The molecule has 30 heavy (non-hydrogen) atoms. The summed E-state index contributed by atoms with van der Waals surface area (Å²) in [4.78, 5) is 19.6. The topological polar surface area (TPSA) is 69.9 Å². The molecule has 0 aliphatic carbocycles. The molecule has 2 aromatic heterocycles. The first kappa shape index (κ1) is 19.1. The Kier molecular flexibility index (Phi) is 5.16. The third kappa shape index (κ3) is 3.79. The molecule has 2 aliphatic rings. The fourth-order valence-corrected chi connectivity index (χ4v) is 4.46. The van der Waals surface area contributed by atoms with Gasteiger partial charge in [-0.3, -0.25) is 4.79 Å². The van der Waals surface area contributed by atoms with Gasteiger partial charge in [-0.05, 0) is 49.2 Å². The minimum absolute atomic E-state index is 0.0991. The van der Waals surface area contributed by atoms with Crippen LogP contribution in [0.4, 0.5) is 11.5 Å². The molecular formula is C21H24ClN7O. The highest BCUT2D eigenvalue weighted by molar-refractivity contribution is 6.30. The van der Waals surface area contributed by atoms with Gasteiger partial charge in [-0.2, -0.15) is 4.52 Å². The highest BCUT2D eigenvalue weighted by Gasteiger charge is 2.31. The van der Waals surface area contributed by atoms with E-state index >= 15 is 0 Å². The van der Waals surface area contributed by atoms with Gasteiger partial charge in [0.05, 0.1) is 0 Å². The Morgan fingerprint density at radius 1 is 0.900 bits per heavy atom. The molecule has 0 N–H and O–H groups in total. The van der Waals surface area contributed by atoms with E-state index in [1.165, 1.54) is 0 Å². The molecule has 0 saturated carbocycles. The van der Waals surface area contributed by atoms with Crippen LogP contribution >= 0.6 is 11.6 Å². The maximum absolute atomic E-state index is 13.1. The van der Waals surface area contributed by atoms with Crippen molar-refractivity contribution < 1.29 is 4.79 Å². The number of halogens is 1. The van der Waals surface area contributed by atoms with Crippen LogP contribution in [0.3, 0.4) is 0 Å². The lowest BCUT2D eigenvalue weighted by molar-refractivity contribution is -0.136. The molecule has 0 atom stereocenters. The normalized spacial score (nSPS) is 18.2. The summed E-state index contributed by atoms with van der Waals surface area (Å²) >= 11 is 5.99. The van der Waals surface area contributed by atoms with Crippen molar-refractivity contribution in [3.8, 4) is 0 Å². The van der Waals surface area contributed by atoms with Gasteiger partial charge in [0.2, 0.25) is 5.91 Å². The number of aromatic nitrogens is 4. The van der Waals surface area contributed by atoms with E-state index in [4.69, 9.17) is 11.6 Å². The standard InChI is InChI=1S/C21H24ClN7O/c22-17-1-3-18(4-2-17)26-11-13-28(14-12-26)21(30)16-7-9-27(10-8-16)20-6-5-19-24-23-15-29(19)25-20/h1-6,15-16H,7-14H2. The highest BCUT2D eigenvalue weighted by Crippen LogP contribution is 2.25. The molecule has 8 nitrogen and oxygen atoms in total. The molecule has 5 rings (SSSR count). The van der Waals surface area contributed by atoms with E-state index in [1.54, 1.807) is 10.8 Å². The Labute approximate surface area is 180 Å². The van der Waals surface area contributed by atoms with Gasteiger partial charge in [-0.15, -0.1) is 15.3 Å². The predicted molar refractivity (Wildman–Crippen MR) is 116 cm³/mol. The summed E-state index contributed by atoms with van der Waals surface area (Å²) in [7, 11) is 0. The van der Waals surface area contributed by atoms with Crippen molar-refractivity contribution in [2.24, 2.45) is 5.92 Å². The van der Waals surface area contributed by atoms with Crippen molar-refractivity contribution in [1.82, 2.24) is 24.7 Å². The maximum Gasteiger partial charge on any atom is 0.225 e. The average Bonchev–Trinajstić information content (AvgIpc) is 3.27. The minimum Gasteiger partial charge on any atom is -0.368 e. The summed E-state index contributed by atoms with van der Waals surface area (Å²) in [6.45, 7) is 4.93. The van der Waals surface area contributed by atoms with Crippen molar-refractivity contribution in [1.29, 1.82) is 0 Å². The fraction of sp³-hybridized carbons (Fsp3) is 0.429. The van der Waals surface area contributed by atoms with E-state index in [9.17, 15) is 4.79 Å². The van der Waals surface area contributed by atoms with Crippen LogP contribution in [0, 0.1) is 5.92 Å². The zero-order valence-electron chi connectivity index (χ0n) is 16.7. The zero-order chi connectivity index (χ0) is 20.5. The van der Waals surface area contributed by atoms with Gasteiger partial charge in [-0.25, -0.2) is 0 Å². The number of benzene rings is 1. The van der Waals surface area contributed by atoms with Crippen molar-refractivity contribution in [2.75, 3.05) is 49.1 Å². The van der Waals surface area contributed by atoms with Crippen LogP contribution in [-0.4, -0.2) is 69.9 Å². The van der Waals surface area contributed by atoms with Crippen LogP contribution in [0.5, 0.6) is 0 Å². The van der Waals surface area contributed by atoms with Crippen LogP contribution in [0.15, 0.2) is 42.7 Å². The number of hydrogen-bond acceptors (Lipinski definition) is 6. The summed E-state index contributed by atoms with van der Waals surface area (Å²) in [5, 5.41) is 13.2. The number of hydrogen-bond donors (Lipinski definition) is 0. The van der Waals surface area contributed by atoms with Gasteiger partial charge in [0.1, 0.15) is 12.1 Å². The van der Waals surface area contributed by atoms with Gasteiger partial charge < -0.3 is 14.7 Å². The maximum atomic E-state index is 13.1. The van der Waals surface area contributed by atoms with E-state index in [-0.39, 0.29) is 5.92 Å². The number of nitrogens with zero attached hydrogens (tertiary/aromatic N) is 7. The first-order valence-corrected chi connectivity index (χ1v) is 10.8. The molecule has 0 bridgehead atoms. The van der Waals surface area contributed by atoms with E-state index in [2.05, 4.69) is 25.1 Å². The Morgan fingerprint density at radius 2 is 1.63 bits per heavy atom. The number of piperidine rings is 1. The monoisotopic (exact) mass is 425 g/mol. The number of piperazine rings is 1. The SMILES string of the molecule is O=C(C1CCN(c2ccc3nncn3n2)CC1)N1CCN(c2ccc(Cl)cc2)CC1. The molecule has 156 valence electrons. The number of carbonyl (C=O) groups excluding carboxylic acids is 1. The third-order valence-corrected chi connectivity index (χ3v) is 6.35. The molecule has 0 unspecified atom stereocenters. The smallest absolute Gasteiger partial charge is 0.225 e. The highest BCUT2D eigenvalue weighted by atomic mass is 35.5. The summed E-state index contributed by atoms with van der Waals surface area (Å²) in [6.07, 6.45) is 3.33. The van der Waals surface area contributed by atoms with Crippen molar-refractivity contribution in [2.45, 2.75) is 12.8 Å². The molecule has 2 fully saturated rings. The van der Waals surface area contributed by atoms with Crippen LogP contribution in [0.1, 0.15) is 12.8 Å². The molecular weight excluding hydrogens is 402 g/mol. The lowest BCUT2D eigenvalue weighted by atomic mass is 9.95. The van der Waals surface area contributed by atoms with Gasteiger partial charge in [0.15, 0.2) is 5.65 Å². The lowest BCUT2D eigenvalue weighted by Gasteiger charge is -2.39. The second-order valence-corrected chi connectivity index (χ2v) is 8.31. The number of anilines is 2. The third-order valence-electron chi connectivity index (χ3n) is 6.10. The largest absolute Gasteiger partial charge is 0.368 e. The molecule has 2 saturated heterocycles. The minimum atomic E-state index is 0.0991. The summed E-state index contributed by atoms with van der Waals surface area (Å²) in [5.74, 6) is 1.30. The number of rotatable bonds is 3. The van der Waals surface area contributed by atoms with E-state index in [0.717, 1.165) is 74.3 Å². The first-order valence-electron chi connectivity index (χ1n) is 10.4. The van der Waals surface area contributed by atoms with Crippen molar-refractivity contribution in [3.05, 3.63) is 47.7 Å². The van der Waals surface area contributed by atoms with Gasteiger partial charge >= 0.3 is 0 Å². The summed E-state index contributed by atoms with van der Waals surface area (Å²) in [5.41, 5.74) is 1.90. The second kappa shape index (κ2) is 8.10. The zero-order valence-corrected chi connectivity index (χ0v) is 17.4. The van der Waals surface area contributed by atoms with E-state index in [0.29, 0.717) is 5.91 Å². The van der Waals surface area contributed by atoms with Crippen LogP contribution in [0.2, 0.25) is 5.02 Å². The first-order chi connectivity index (χ1) is 14.7. The Balaban J connectivity index is 1.15. The molecule has 3 aromatic rings. The van der Waals surface area contributed by atoms with Crippen molar-refractivity contribution in [3.63, 3.8) is 0 Å². The van der Waals surface area contributed by atoms with Crippen LogP contribution in [0.25, 0.3) is 5.65 Å².